The molecule has 0 heterocycles. The molecule has 2 nitrogen and oxygen atoms in total. The van der Waals surface area contributed by atoms with Crippen LogP contribution >= 0.6 is 0 Å². The van der Waals surface area contributed by atoms with E-state index in [1.807, 2.05) is 0 Å². The van der Waals surface area contributed by atoms with Gasteiger partial charge in [0.1, 0.15) is 0 Å². The average molecular weight is 503 g/mol. The molecular weight excluding hydrogens is 440 g/mol. The maximum Gasteiger partial charge on any atom is 0.305 e. The Labute approximate surface area is 226 Å². The summed E-state index contributed by atoms with van der Waals surface area (Å²) < 4.78 is 5.40. The molecule has 2 heteroatoms. The number of carbonyl (C=O) groups excluding carboxylic acids is 1. The lowest BCUT2D eigenvalue weighted by molar-refractivity contribution is -0.143. The smallest absolute Gasteiger partial charge is 0.305 e. The number of allylic oxidation sites excluding steroid dienone is 6. The first-order chi connectivity index (χ1) is 17.8. The Kier molecular flexibility index (Phi) is 30.6. The van der Waals surface area contributed by atoms with Gasteiger partial charge in [-0.3, -0.25) is 4.79 Å². The molecule has 0 amide bonds. The van der Waals surface area contributed by atoms with Crippen molar-refractivity contribution in [3.63, 3.8) is 0 Å². The molecule has 0 aliphatic heterocycles. The second kappa shape index (κ2) is 31.7. The molecule has 0 aromatic heterocycles. The molecule has 0 saturated carbocycles. The average Bonchev–Trinajstić information content (AvgIpc) is 2.88. The van der Waals surface area contributed by atoms with Crippen molar-refractivity contribution in [1.82, 2.24) is 0 Å². The first-order valence-electron chi connectivity index (χ1n) is 15.9. The van der Waals surface area contributed by atoms with Gasteiger partial charge in [0.25, 0.3) is 0 Å². The summed E-state index contributed by atoms with van der Waals surface area (Å²) in [5.41, 5.74) is 0. The summed E-state index contributed by atoms with van der Waals surface area (Å²) in [5, 5.41) is 0. The van der Waals surface area contributed by atoms with Gasteiger partial charge in [0, 0.05) is 6.42 Å². The number of esters is 1. The molecule has 0 atom stereocenters. The third-order valence-electron chi connectivity index (χ3n) is 6.75. The monoisotopic (exact) mass is 502 g/mol. The first-order valence-corrected chi connectivity index (χ1v) is 15.9. The molecule has 0 saturated heterocycles. The number of carbonyl (C=O) groups is 1. The van der Waals surface area contributed by atoms with Crippen LogP contribution in [0.3, 0.4) is 0 Å². The number of unbranched alkanes of at least 4 members (excludes halogenated alkanes) is 18. The van der Waals surface area contributed by atoms with Crippen molar-refractivity contribution in [2.75, 3.05) is 6.61 Å². The maximum absolute atomic E-state index is 11.9. The van der Waals surface area contributed by atoms with E-state index in [9.17, 15) is 4.79 Å². The molecule has 0 unspecified atom stereocenters. The minimum absolute atomic E-state index is 0.00157. The maximum atomic E-state index is 11.9. The lowest BCUT2D eigenvalue weighted by Gasteiger charge is -2.05. The largest absolute Gasteiger partial charge is 0.466 e. The predicted molar refractivity (Wildman–Crippen MR) is 161 cm³/mol. The van der Waals surface area contributed by atoms with Crippen LogP contribution in [0.4, 0.5) is 0 Å². The van der Waals surface area contributed by atoms with Gasteiger partial charge in [-0.15, -0.1) is 0 Å². The van der Waals surface area contributed by atoms with E-state index in [-0.39, 0.29) is 5.97 Å². The van der Waals surface area contributed by atoms with Crippen LogP contribution in [-0.2, 0) is 9.53 Å². The van der Waals surface area contributed by atoms with Crippen LogP contribution in [0.5, 0.6) is 0 Å². The second-order valence-electron chi connectivity index (χ2n) is 10.4. The Morgan fingerprint density at radius 2 is 0.861 bits per heavy atom. The molecule has 0 aromatic carbocycles. The van der Waals surface area contributed by atoms with Gasteiger partial charge >= 0.3 is 5.97 Å². The van der Waals surface area contributed by atoms with E-state index < -0.39 is 0 Å². The zero-order chi connectivity index (χ0) is 26.2. The lowest BCUT2D eigenvalue weighted by atomic mass is 10.1. The van der Waals surface area contributed by atoms with E-state index in [0.29, 0.717) is 13.0 Å². The van der Waals surface area contributed by atoms with Crippen LogP contribution in [0, 0.1) is 0 Å². The molecule has 0 bridgehead atoms. The number of rotatable bonds is 28. The van der Waals surface area contributed by atoms with Gasteiger partial charge < -0.3 is 4.74 Å². The van der Waals surface area contributed by atoms with E-state index in [1.165, 1.54) is 122 Å². The molecule has 0 aliphatic rings. The lowest BCUT2D eigenvalue weighted by Crippen LogP contribution is -2.05. The summed E-state index contributed by atoms with van der Waals surface area (Å²) in [7, 11) is 0. The van der Waals surface area contributed by atoms with E-state index in [4.69, 9.17) is 4.74 Å². The van der Waals surface area contributed by atoms with Gasteiger partial charge in [0.15, 0.2) is 0 Å². The minimum atomic E-state index is -0.00157. The Morgan fingerprint density at radius 3 is 1.42 bits per heavy atom. The Bertz CT molecular complexity index is 517. The standard InChI is InChI=1S/C34H62O2/c1-3-5-7-9-11-13-15-17-19-20-22-24-26-28-30-32-34(35)36-33-31-29-27-25-23-21-18-16-14-12-10-8-6-4-2/h11,13,17-19,21H,3-10,12,14-16,20,22-33H2,1-2H3/b13-11-,19-17-,21-18+. The fourth-order valence-electron chi connectivity index (χ4n) is 4.33. The topological polar surface area (TPSA) is 26.3 Å². The van der Waals surface area contributed by atoms with Crippen molar-refractivity contribution in [3.8, 4) is 0 Å². The van der Waals surface area contributed by atoms with Crippen LogP contribution in [0.25, 0.3) is 0 Å². The SMILES string of the molecule is CCCCC/C=C\C/C=C\CCCCCCCC(=O)OCCCCCC/C=C/CCCCCCCC. The second-order valence-corrected chi connectivity index (χ2v) is 10.4. The highest BCUT2D eigenvalue weighted by Crippen LogP contribution is 2.10. The fraction of sp³-hybridized carbons (Fsp3) is 0.794. The van der Waals surface area contributed by atoms with Crippen LogP contribution in [-0.4, -0.2) is 12.6 Å². The highest BCUT2D eigenvalue weighted by molar-refractivity contribution is 5.69. The number of hydrogen-bond donors (Lipinski definition) is 0. The molecule has 0 rings (SSSR count). The molecule has 0 aromatic rings. The fourth-order valence-corrected chi connectivity index (χ4v) is 4.33. The summed E-state index contributed by atoms with van der Waals surface area (Å²) in [6, 6.07) is 0. The number of ether oxygens (including phenoxy) is 1. The van der Waals surface area contributed by atoms with E-state index in [0.717, 1.165) is 25.7 Å². The van der Waals surface area contributed by atoms with Crippen molar-refractivity contribution < 1.29 is 9.53 Å². The van der Waals surface area contributed by atoms with Gasteiger partial charge in [-0.05, 0) is 70.6 Å². The highest BCUT2D eigenvalue weighted by atomic mass is 16.5. The van der Waals surface area contributed by atoms with E-state index in [1.54, 1.807) is 0 Å². The molecule has 210 valence electrons. The molecule has 0 radical (unpaired) electrons. The zero-order valence-corrected chi connectivity index (χ0v) is 24.5. The van der Waals surface area contributed by atoms with Crippen molar-refractivity contribution in [3.05, 3.63) is 36.5 Å². The highest BCUT2D eigenvalue weighted by Gasteiger charge is 2.02. The van der Waals surface area contributed by atoms with Gasteiger partial charge in [-0.25, -0.2) is 0 Å². The Balaban J connectivity index is 3.28. The molecule has 0 fully saturated rings. The molecular formula is C34H62O2. The van der Waals surface area contributed by atoms with Crippen molar-refractivity contribution in [1.29, 1.82) is 0 Å². The van der Waals surface area contributed by atoms with Gasteiger partial charge in [-0.1, -0.05) is 127 Å². The van der Waals surface area contributed by atoms with Crippen LogP contribution in [0.2, 0.25) is 0 Å². The summed E-state index contributed by atoms with van der Waals surface area (Å²) >= 11 is 0. The van der Waals surface area contributed by atoms with Gasteiger partial charge in [0.2, 0.25) is 0 Å². The van der Waals surface area contributed by atoms with Gasteiger partial charge in [0.05, 0.1) is 6.61 Å². The molecule has 0 aliphatic carbocycles. The third-order valence-corrected chi connectivity index (χ3v) is 6.75. The summed E-state index contributed by atoms with van der Waals surface area (Å²) in [5.74, 6) is -0.00157. The predicted octanol–water partition coefficient (Wildman–Crippen LogP) is 11.6. The van der Waals surface area contributed by atoms with E-state index >= 15 is 0 Å². The summed E-state index contributed by atoms with van der Waals surface area (Å²) in [4.78, 5) is 11.9. The Morgan fingerprint density at radius 1 is 0.472 bits per heavy atom. The molecule has 36 heavy (non-hydrogen) atoms. The van der Waals surface area contributed by atoms with E-state index in [2.05, 4.69) is 50.3 Å². The first kappa shape index (κ1) is 34.7. The van der Waals surface area contributed by atoms with Crippen molar-refractivity contribution in [2.24, 2.45) is 0 Å². The zero-order valence-electron chi connectivity index (χ0n) is 24.5. The minimum Gasteiger partial charge on any atom is -0.466 e. The molecule has 0 N–H and O–H groups in total. The third kappa shape index (κ3) is 30.7. The Hall–Kier alpha value is -1.31. The summed E-state index contributed by atoms with van der Waals surface area (Å²) in [6.45, 7) is 5.13. The quantitative estimate of drug-likeness (QED) is 0.0604. The van der Waals surface area contributed by atoms with Crippen LogP contribution < -0.4 is 0 Å². The van der Waals surface area contributed by atoms with Gasteiger partial charge in [-0.2, -0.15) is 0 Å². The van der Waals surface area contributed by atoms with Crippen LogP contribution in [0.1, 0.15) is 168 Å². The van der Waals surface area contributed by atoms with Crippen molar-refractivity contribution >= 4 is 5.97 Å². The molecule has 0 spiro atoms. The summed E-state index contributed by atoms with van der Waals surface area (Å²) in [6.07, 6.45) is 43.3. The number of hydrogen-bond acceptors (Lipinski definition) is 2. The normalized spacial score (nSPS) is 11.9. The van der Waals surface area contributed by atoms with Crippen LogP contribution in [0.15, 0.2) is 36.5 Å². The van der Waals surface area contributed by atoms with Crippen molar-refractivity contribution in [2.45, 2.75) is 168 Å².